The highest BCUT2D eigenvalue weighted by Gasteiger charge is 2.56. The summed E-state index contributed by atoms with van der Waals surface area (Å²) in [7, 11) is 0. The summed E-state index contributed by atoms with van der Waals surface area (Å²) in [5.41, 5.74) is 3.67. The van der Waals surface area contributed by atoms with Crippen LogP contribution in [-0.2, 0) is 26.0 Å². The molecule has 9 nitrogen and oxygen atoms in total. The summed E-state index contributed by atoms with van der Waals surface area (Å²) in [4.78, 5) is 11.3. The molecule has 0 amide bonds. The number of aliphatic hydroxyl groups is 1. The molecule has 0 radical (unpaired) electrons. The molecule has 4 atom stereocenters. The molecular weight excluding hydrogens is 458 g/mol. The molecule has 4 aliphatic rings. The molecule has 3 fully saturated rings. The number of hydrogen-bond acceptors (Lipinski definition) is 8. The molecule has 1 spiro atoms. The molecule has 5 heterocycles. The Morgan fingerprint density at radius 2 is 1.94 bits per heavy atom. The zero-order valence-electron chi connectivity index (χ0n) is 19.0. The maximum Gasteiger partial charge on any atom is 0.226 e. The van der Waals surface area contributed by atoms with Crippen LogP contribution < -0.4 is 4.90 Å². The summed E-state index contributed by atoms with van der Waals surface area (Å²) in [5.74, 6) is 0.0168. The van der Waals surface area contributed by atoms with Crippen LogP contribution >= 0.6 is 11.6 Å². The standard InChI is InChI=1S/C24H26ClN5O4/c1-23(2)33-17-16(10-31)32-21(18(17)34-23)30-20-14(9-26-30)19(27-22(25)28-20)29-11-24(12-29)8-7-13-5-3-4-6-15(13)24/h3-6,9,16-18,21,31H,7-8,10-12H2,1-2H3/t16-,17-,18-,21-/m1/s1. The molecule has 0 bridgehead atoms. The fourth-order valence-electron chi connectivity index (χ4n) is 6.24. The van der Waals surface area contributed by atoms with E-state index in [9.17, 15) is 5.11 Å². The monoisotopic (exact) mass is 483 g/mol. The second-order valence-corrected chi connectivity index (χ2v) is 10.6. The fraction of sp³-hybridized carbons (Fsp3) is 0.542. The number of anilines is 1. The second-order valence-electron chi connectivity index (χ2n) is 10.2. The smallest absolute Gasteiger partial charge is 0.226 e. The van der Waals surface area contributed by atoms with Crippen molar-refractivity contribution in [2.24, 2.45) is 0 Å². The van der Waals surface area contributed by atoms with E-state index >= 15 is 0 Å². The Balaban J connectivity index is 1.23. The summed E-state index contributed by atoms with van der Waals surface area (Å²) in [6.45, 7) is 5.32. The highest BCUT2D eigenvalue weighted by Crippen LogP contribution is 2.48. The van der Waals surface area contributed by atoms with Gasteiger partial charge in [0.05, 0.1) is 18.2 Å². The van der Waals surface area contributed by atoms with Crippen molar-refractivity contribution in [2.45, 2.75) is 62.4 Å². The summed E-state index contributed by atoms with van der Waals surface area (Å²) >= 11 is 6.40. The zero-order valence-corrected chi connectivity index (χ0v) is 19.8. The molecule has 34 heavy (non-hydrogen) atoms. The third-order valence-electron chi connectivity index (χ3n) is 7.70. The van der Waals surface area contributed by atoms with Crippen molar-refractivity contribution in [1.82, 2.24) is 19.7 Å². The molecular formula is C24H26ClN5O4. The van der Waals surface area contributed by atoms with Crippen molar-refractivity contribution < 1.29 is 19.3 Å². The van der Waals surface area contributed by atoms with Crippen LogP contribution in [0.5, 0.6) is 0 Å². The summed E-state index contributed by atoms with van der Waals surface area (Å²) in [6.07, 6.45) is 2.12. The molecule has 3 aliphatic heterocycles. The summed E-state index contributed by atoms with van der Waals surface area (Å²) in [6, 6.07) is 8.74. The van der Waals surface area contributed by atoms with Crippen molar-refractivity contribution in [2.75, 3.05) is 24.6 Å². The third-order valence-corrected chi connectivity index (χ3v) is 7.87. The van der Waals surface area contributed by atoms with E-state index in [1.807, 2.05) is 13.8 Å². The normalized spacial score (nSPS) is 30.6. The van der Waals surface area contributed by atoms with Crippen LogP contribution in [0.4, 0.5) is 5.82 Å². The van der Waals surface area contributed by atoms with Crippen molar-refractivity contribution in [3.05, 3.63) is 46.9 Å². The lowest BCUT2D eigenvalue weighted by molar-refractivity contribution is -0.201. The second kappa shape index (κ2) is 7.11. The first-order valence-corrected chi connectivity index (χ1v) is 12.1. The first-order valence-electron chi connectivity index (χ1n) is 11.7. The Morgan fingerprint density at radius 1 is 1.15 bits per heavy atom. The predicted octanol–water partition coefficient (Wildman–Crippen LogP) is 2.59. The highest BCUT2D eigenvalue weighted by atomic mass is 35.5. The van der Waals surface area contributed by atoms with E-state index in [-0.39, 0.29) is 17.3 Å². The summed E-state index contributed by atoms with van der Waals surface area (Å²) < 4.78 is 19.9. The van der Waals surface area contributed by atoms with Crippen molar-refractivity contribution in [1.29, 1.82) is 0 Å². The minimum Gasteiger partial charge on any atom is -0.394 e. The molecule has 3 aromatic rings. The number of hydrogen-bond donors (Lipinski definition) is 1. The number of ether oxygens (including phenoxy) is 3. The van der Waals surface area contributed by atoms with Gasteiger partial charge in [0.2, 0.25) is 5.28 Å². The van der Waals surface area contributed by atoms with Gasteiger partial charge in [-0.3, -0.25) is 0 Å². The van der Waals surface area contributed by atoms with E-state index < -0.39 is 30.3 Å². The van der Waals surface area contributed by atoms with Crippen molar-refractivity contribution in [3.8, 4) is 0 Å². The molecule has 1 aliphatic carbocycles. The predicted molar refractivity (Wildman–Crippen MR) is 124 cm³/mol. The van der Waals surface area contributed by atoms with Crippen LogP contribution in [0.15, 0.2) is 30.5 Å². The van der Waals surface area contributed by atoms with Gasteiger partial charge in [-0.25, -0.2) is 4.68 Å². The number of halogens is 1. The number of aryl methyl sites for hydroxylation is 1. The van der Waals surface area contributed by atoms with Gasteiger partial charge in [-0.15, -0.1) is 0 Å². The molecule has 0 unspecified atom stereocenters. The van der Waals surface area contributed by atoms with Gasteiger partial charge in [0.1, 0.15) is 24.1 Å². The van der Waals surface area contributed by atoms with Gasteiger partial charge < -0.3 is 24.2 Å². The van der Waals surface area contributed by atoms with Crippen LogP contribution in [0.1, 0.15) is 37.6 Å². The minimum atomic E-state index is -0.769. The Hall–Kier alpha value is -2.30. The van der Waals surface area contributed by atoms with E-state index in [1.54, 1.807) is 10.9 Å². The van der Waals surface area contributed by atoms with Crippen molar-refractivity contribution >= 4 is 28.5 Å². The van der Waals surface area contributed by atoms with Crippen molar-refractivity contribution in [3.63, 3.8) is 0 Å². The molecule has 0 saturated carbocycles. The van der Waals surface area contributed by atoms with E-state index in [4.69, 9.17) is 25.8 Å². The lowest BCUT2D eigenvalue weighted by atomic mass is 9.75. The molecule has 7 rings (SSSR count). The van der Waals surface area contributed by atoms with Crippen LogP contribution in [-0.4, -0.2) is 68.7 Å². The van der Waals surface area contributed by atoms with E-state index in [0.717, 1.165) is 37.1 Å². The van der Waals surface area contributed by atoms with Gasteiger partial charge in [-0.1, -0.05) is 24.3 Å². The zero-order chi connectivity index (χ0) is 23.2. The fourth-order valence-corrected chi connectivity index (χ4v) is 6.40. The molecule has 1 N–H and O–H groups in total. The SMILES string of the molecule is CC1(C)O[C@@H]2[C@H](O1)[C@@H](CO)O[C@H]2n1ncc2c(N3CC4(CCc5ccccc54)C3)nc(Cl)nc21. The highest BCUT2D eigenvalue weighted by molar-refractivity contribution is 6.28. The number of fused-ring (bicyclic) bond motifs is 4. The van der Waals surface area contributed by atoms with Gasteiger partial charge in [0, 0.05) is 18.5 Å². The number of aromatic nitrogens is 4. The Bertz CT molecular complexity index is 1290. The topological polar surface area (TPSA) is 94.8 Å². The first kappa shape index (κ1) is 21.0. The van der Waals surface area contributed by atoms with Gasteiger partial charge in [0.15, 0.2) is 17.7 Å². The first-order chi connectivity index (χ1) is 16.4. The molecule has 10 heteroatoms. The van der Waals surface area contributed by atoms with Crippen LogP contribution in [0.25, 0.3) is 11.0 Å². The van der Waals surface area contributed by atoms with Gasteiger partial charge in [-0.2, -0.15) is 15.1 Å². The van der Waals surface area contributed by atoms with Gasteiger partial charge >= 0.3 is 0 Å². The number of benzene rings is 1. The third kappa shape index (κ3) is 2.91. The Morgan fingerprint density at radius 3 is 2.76 bits per heavy atom. The molecule has 2 aromatic heterocycles. The quantitative estimate of drug-likeness (QED) is 0.568. The number of aliphatic hydroxyl groups excluding tert-OH is 1. The van der Waals surface area contributed by atoms with Crippen LogP contribution in [0.3, 0.4) is 0 Å². The average Bonchev–Trinajstić information content (AvgIpc) is 3.52. The summed E-state index contributed by atoms with van der Waals surface area (Å²) in [5, 5.41) is 15.4. The average molecular weight is 484 g/mol. The van der Waals surface area contributed by atoms with E-state index in [2.05, 4.69) is 44.2 Å². The maximum atomic E-state index is 9.84. The lowest BCUT2D eigenvalue weighted by Crippen LogP contribution is -2.58. The molecule has 1 aromatic carbocycles. The number of rotatable bonds is 3. The maximum absolute atomic E-state index is 9.84. The van der Waals surface area contributed by atoms with Gasteiger partial charge in [-0.05, 0) is 49.4 Å². The molecule has 178 valence electrons. The Kier molecular flexibility index (Phi) is 4.40. The largest absolute Gasteiger partial charge is 0.394 e. The Labute approximate surface area is 201 Å². The number of nitrogens with zero attached hydrogens (tertiary/aromatic N) is 5. The van der Waals surface area contributed by atoms with Crippen LogP contribution in [0.2, 0.25) is 5.28 Å². The van der Waals surface area contributed by atoms with Crippen LogP contribution in [0, 0.1) is 0 Å². The van der Waals surface area contributed by atoms with E-state index in [0.29, 0.717) is 5.65 Å². The molecule has 3 saturated heterocycles. The van der Waals surface area contributed by atoms with Gasteiger partial charge in [0.25, 0.3) is 0 Å². The lowest BCUT2D eigenvalue weighted by Gasteiger charge is -2.49. The minimum absolute atomic E-state index is 0.161. The van der Waals surface area contributed by atoms with E-state index in [1.165, 1.54) is 11.1 Å².